The largest absolute Gasteiger partial charge is 0.356 e. The van der Waals surface area contributed by atoms with Gasteiger partial charge in [-0.2, -0.15) is 4.98 Å². The second-order valence-corrected chi connectivity index (χ2v) is 7.67. The molecule has 1 aliphatic rings. The molecule has 3 aromatic rings. The number of rotatable bonds is 6. The molecule has 6 heteroatoms. The van der Waals surface area contributed by atoms with E-state index in [0.29, 0.717) is 5.95 Å². The van der Waals surface area contributed by atoms with Crippen LogP contribution < -0.4 is 15.5 Å². The smallest absolute Gasteiger partial charge is 0.248 e. The number of nitrogens with one attached hydrogen (secondary N) is 2. The lowest BCUT2D eigenvalue weighted by molar-refractivity contribution is -0.111. The zero-order valence-corrected chi connectivity index (χ0v) is 17.7. The molecule has 1 aliphatic heterocycles. The highest BCUT2D eigenvalue weighted by atomic mass is 16.1. The number of aromatic nitrogens is 2. The zero-order chi connectivity index (χ0) is 21.5. The molecular formula is C25H27N5O. The van der Waals surface area contributed by atoms with Crippen LogP contribution in [0.25, 0.3) is 6.08 Å². The summed E-state index contributed by atoms with van der Waals surface area (Å²) in [6, 6.07) is 19.3. The lowest BCUT2D eigenvalue weighted by atomic mass is 10.1. The number of hydrogen-bond donors (Lipinski definition) is 2. The van der Waals surface area contributed by atoms with Gasteiger partial charge in [-0.1, -0.05) is 30.3 Å². The van der Waals surface area contributed by atoms with Gasteiger partial charge < -0.3 is 15.5 Å². The quantitative estimate of drug-likeness (QED) is 0.546. The summed E-state index contributed by atoms with van der Waals surface area (Å²) in [5, 5.41) is 6.15. The Morgan fingerprint density at radius 2 is 1.65 bits per heavy atom. The fraction of sp³-hybridized carbons (Fsp3) is 0.240. The SMILES string of the molecule is Cc1cc(N2CCCCC2)nc(Nc2ccc(NC(=O)/C=C/c3ccccc3)cc2)n1. The van der Waals surface area contributed by atoms with Gasteiger partial charge in [0.2, 0.25) is 11.9 Å². The second kappa shape index (κ2) is 9.89. The number of benzene rings is 2. The Hall–Kier alpha value is -3.67. The summed E-state index contributed by atoms with van der Waals surface area (Å²) in [4.78, 5) is 23.7. The molecule has 0 radical (unpaired) electrons. The fourth-order valence-corrected chi connectivity index (χ4v) is 3.58. The lowest BCUT2D eigenvalue weighted by Crippen LogP contribution is -2.30. The summed E-state index contributed by atoms with van der Waals surface area (Å²) >= 11 is 0. The van der Waals surface area contributed by atoms with Crippen molar-refractivity contribution < 1.29 is 4.79 Å². The number of carbonyl (C=O) groups is 1. The summed E-state index contributed by atoms with van der Waals surface area (Å²) < 4.78 is 0. The summed E-state index contributed by atoms with van der Waals surface area (Å²) in [7, 11) is 0. The van der Waals surface area contributed by atoms with Gasteiger partial charge in [0.1, 0.15) is 5.82 Å². The topological polar surface area (TPSA) is 70.2 Å². The lowest BCUT2D eigenvalue weighted by Gasteiger charge is -2.28. The molecule has 31 heavy (non-hydrogen) atoms. The Balaban J connectivity index is 1.38. The molecule has 1 amide bonds. The first-order valence-corrected chi connectivity index (χ1v) is 10.7. The van der Waals surface area contributed by atoms with Gasteiger partial charge in [0.25, 0.3) is 0 Å². The van der Waals surface area contributed by atoms with Crippen LogP contribution in [0.5, 0.6) is 0 Å². The number of nitrogens with zero attached hydrogens (tertiary/aromatic N) is 3. The Kier molecular flexibility index (Phi) is 6.57. The molecule has 6 nitrogen and oxygen atoms in total. The average molecular weight is 414 g/mol. The van der Waals surface area contributed by atoms with E-state index in [0.717, 1.165) is 41.5 Å². The maximum atomic E-state index is 12.1. The van der Waals surface area contributed by atoms with E-state index in [1.165, 1.54) is 25.3 Å². The first-order chi connectivity index (χ1) is 15.2. The first kappa shape index (κ1) is 20.6. The third-order valence-electron chi connectivity index (χ3n) is 5.16. The average Bonchev–Trinajstić information content (AvgIpc) is 2.80. The van der Waals surface area contributed by atoms with Gasteiger partial charge in [0.05, 0.1) is 0 Å². The van der Waals surface area contributed by atoms with Crippen molar-refractivity contribution in [1.82, 2.24) is 9.97 Å². The van der Waals surface area contributed by atoms with Gasteiger partial charge in [-0.05, 0) is 62.1 Å². The fourth-order valence-electron chi connectivity index (χ4n) is 3.58. The van der Waals surface area contributed by atoms with Crippen LogP contribution in [0.4, 0.5) is 23.1 Å². The summed E-state index contributed by atoms with van der Waals surface area (Å²) in [5.74, 6) is 1.39. The Bertz CT molecular complexity index is 1040. The molecule has 158 valence electrons. The Morgan fingerprint density at radius 3 is 2.39 bits per heavy atom. The molecule has 0 bridgehead atoms. The number of anilines is 4. The molecule has 4 rings (SSSR count). The minimum absolute atomic E-state index is 0.169. The molecule has 1 aromatic heterocycles. The molecular weight excluding hydrogens is 386 g/mol. The third-order valence-corrected chi connectivity index (χ3v) is 5.16. The molecule has 2 N–H and O–H groups in total. The minimum atomic E-state index is -0.169. The number of amides is 1. The highest BCUT2D eigenvalue weighted by Crippen LogP contribution is 2.22. The maximum absolute atomic E-state index is 12.1. The van der Waals surface area contributed by atoms with Crippen LogP contribution in [-0.2, 0) is 4.79 Å². The monoisotopic (exact) mass is 413 g/mol. The standard InChI is InChI=1S/C25H27N5O/c1-19-18-23(30-16-6-3-7-17-30)29-25(26-19)28-22-13-11-21(12-14-22)27-24(31)15-10-20-8-4-2-5-9-20/h2,4-5,8-15,18H,3,6-7,16-17H2,1H3,(H,27,31)(H,26,28,29)/b15-10+. The molecule has 0 atom stereocenters. The van der Waals surface area contributed by atoms with Crippen molar-refractivity contribution in [3.8, 4) is 0 Å². The van der Waals surface area contributed by atoms with Crippen molar-refractivity contribution >= 4 is 35.1 Å². The van der Waals surface area contributed by atoms with Crippen LogP contribution in [0, 0.1) is 6.92 Å². The third kappa shape index (κ3) is 5.92. The van der Waals surface area contributed by atoms with E-state index in [1.807, 2.05) is 67.6 Å². The predicted molar refractivity (Wildman–Crippen MR) is 127 cm³/mol. The molecule has 2 aromatic carbocycles. The van der Waals surface area contributed by atoms with Crippen LogP contribution >= 0.6 is 0 Å². The van der Waals surface area contributed by atoms with Gasteiger partial charge in [0.15, 0.2) is 0 Å². The molecule has 0 saturated carbocycles. The number of hydrogen-bond acceptors (Lipinski definition) is 5. The Morgan fingerprint density at radius 1 is 0.935 bits per heavy atom. The summed E-state index contributed by atoms with van der Waals surface area (Å²) in [6.07, 6.45) is 7.03. The molecule has 2 heterocycles. The second-order valence-electron chi connectivity index (χ2n) is 7.67. The van der Waals surface area contributed by atoms with Gasteiger partial charge in [0, 0.05) is 42.3 Å². The van der Waals surface area contributed by atoms with E-state index in [1.54, 1.807) is 6.08 Å². The van der Waals surface area contributed by atoms with Gasteiger partial charge in [-0.15, -0.1) is 0 Å². The summed E-state index contributed by atoms with van der Waals surface area (Å²) in [6.45, 7) is 4.08. The molecule has 0 aliphatic carbocycles. The normalized spacial score (nSPS) is 13.9. The first-order valence-electron chi connectivity index (χ1n) is 10.7. The maximum Gasteiger partial charge on any atom is 0.248 e. The van der Waals surface area contributed by atoms with E-state index < -0.39 is 0 Å². The highest BCUT2D eigenvalue weighted by molar-refractivity contribution is 6.02. The van der Waals surface area contributed by atoms with E-state index in [9.17, 15) is 4.79 Å². The number of piperidine rings is 1. The predicted octanol–water partition coefficient (Wildman–Crippen LogP) is 5.17. The van der Waals surface area contributed by atoms with Crippen LogP contribution in [0.15, 0.2) is 66.7 Å². The molecule has 0 spiro atoms. The van der Waals surface area contributed by atoms with Crippen LogP contribution in [0.3, 0.4) is 0 Å². The van der Waals surface area contributed by atoms with E-state index >= 15 is 0 Å². The van der Waals surface area contributed by atoms with E-state index in [4.69, 9.17) is 4.98 Å². The van der Waals surface area contributed by atoms with Crippen molar-refractivity contribution in [3.05, 3.63) is 78.0 Å². The molecule has 1 saturated heterocycles. The number of carbonyl (C=O) groups excluding carboxylic acids is 1. The summed E-state index contributed by atoms with van der Waals surface area (Å²) in [5.41, 5.74) is 3.52. The molecule has 1 fully saturated rings. The molecule has 0 unspecified atom stereocenters. The van der Waals surface area contributed by atoms with Crippen molar-refractivity contribution in [3.63, 3.8) is 0 Å². The van der Waals surface area contributed by atoms with Crippen molar-refractivity contribution in [2.24, 2.45) is 0 Å². The zero-order valence-electron chi connectivity index (χ0n) is 17.7. The van der Waals surface area contributed by atoms with E-state index in [2.05, 4.69) is 20.5 Å². The van der Waals surface area contributed by atoms with Crippen LogP contribution in [0.1, 0.15) is 30.5 Å². The Labute approximate surface area is 183 Å². The van der Waals surface area contributed by atoms with Crippen molar-refractivity contribution in [1.29, 1.82) is 0 Å². The van der Waals surface area contributed by atoms with E-state index in [-0.39, 0.29) is 5.91 Å². The van der Waals surface area contributed by atoms with Crippen molar-refractivity contribution in [2.45, 2.75) is 26.2 Å². The van der Waals surface area contributed by atoms with Crippen LogP contribution in [-0.4, -0.2) is 29.0 Å². The van der Waals surface area contributed by atoms with Crippen LogP contribution in [0.2, 0.25) is 0 Å². The van der Waals surface area contributed by atoms with Gasteiger partial charge in [-0.3, -0.25) is 4.79 Å². The van der Waals surface area contributed by atoms with Crippen molar-refractivity contribution in [2.75, 3.05) is 28.6 Å². The van der Waals surface area contributed by atoms with Gasteiger partial charge >= 0.3 is 0 Å². The van der Waals surface area contributed by atoms with Gasteiger partial charge in [-0.25, -0.2) is 4.98 Å². The minimum Gasteiger partial charge on any atom is -0.356 e. The number of aryl methyl sites for hydroxylation is 1. The highest BCUT2D eigenvalue weighted by Gasteiger charge is 2.14.